The summed E-state index contributed by atoms with van der Waals surface area (Å²) in [6, 6.07) is 19.1. The van der Waals surface area contributed by atoms with E-state index in [9.17, 15) is 14.7 Å². The number of phenolic OH excluding ortho intramolecular Hbond substituents is 1. The number of amides is 1. The molecule has 7 heteroatoms. The molecule has 3 aromatic carbocycles. The fraction of sp³-hybridized carbons (Fsp3) is 0.167. The highest BCUT2D eigenvalue weighted by molar-refractivity contribution is 5.92. The zero-order valence-electron chi connectivity index (χ0n) is 16.9. The predicted molar refractivity (Wildman–Crippen MR) is 117 cm³/mol. The minimum Gasteiger partial charge on any atom is -0.507 e. The van der Waals surface area contributed by atoms with Gasteiger partial charge in [0.25, 0.3) is 0 Å². The van der Waals surface area contributed by atoms with Crippen LogP contribution in [0.2, 0.25) is 0 Å². The largest absolute Gasteiger partial charge is 0.507 e. The number of carboxylic acid groups (broad SMARTS) is 1. The number of carboxylic acids is 1. The minimum atomic E-state index is -1.15. The summed E-state index contributed by atoms with van der Waals surface area (Å²) in [5, 5.41) is 23.2. The Morgan fingerprint density at radius 3 is 2.35 bits per heavy atom. The Hall–Kier alpha value is -3.84. The topological polar surface area (TPSA) is 105 Å². The second-order valence-electron chi connectivity index (χ2n) is 6.65. The number of carbonyl (C=O) groups is 2. The molecule has 3 N–H and O–H groups in total. The SMILES string of the molecule is CCO[C@@H](/C=C/C(=O)O)[C@@H](OC(=O)Nc1ccccc1)c1ccc(O)c2ccccc12. The third-order valence-corrected chi connectivity index (χ3v) is 4.58. The Bertz CT molecular complexity index is 1080. The smallest absolute Gasteiger partial charge is 0.412 e. The van der Waals surface area contributed by atoms with Crippen LogP contribution in [0.15, 0.2) is 78.9 Å². The van der Waals surface area contributed by atoms with E-state index in [4.69, 9.17) is 14.6 Å². The van der Waals surface area contributed by atoms with Gasteiger partial charge in [0, 0.05) is 29.3 Å². The van der Waals surface area contributed by atoms with Gasteiger partial charge in [0.1, 0.15) is 11.9 Å². The van der Waals surface area contributed by atoms with E-state index in [0.29, 0.717) is 22.0 Å². The van der Waals surface area contributed by atoms with E-state index < -0.39 is 24.3 Å². The number of hydrogen-bond acceptors (Lipinski definition) is 5. The lowest BCUT2D eigenvalue weighted by Gasteiger charge is -2.26. The first kappa shape index (κ1) is 21.9. The number of nitrogens with one attached hydrogen (secondary N) is 1. The van der Waals surface area contributed by atoms with E-state index in [1.165, 1.54) is 12.1 Å². The third kappa shape index (κ3) is 5.61. The number of carbonyl (C=O) groups excluding carboxylic acids is 1. The number of fused-ring (bicyclic) bond motifs is 1. The van der Waals surface area contributed by atoms with E-state index in [2.05, 4.69) is 5.32 Å². The molecule has 0 aliphatic heterocycles. The van der Waals surface area contributed by atoms with Crippen LogP contribution < -0.4 is 5.32 Å². The molecular formula is C24H23NO6. The van der Waals surface area contributed by atoms with Crippen molar-refractivity contribution in [2.45, 2.75) is 19.1 Å². The monoisotopic (exact) mass is 421 g/mol. The fourth-order valence-electron chi connectivity index (χ4n) is 3.26. The standard InChI is InChI=1S/C24H23NO6/c1-2-30-21(14-15-22(27)28)23(31-24(29)25-16-8-4-3-5-9-16)19-12-13-20(26)18-11-7-6-10-17(18)19/h3-15,21,23,26H,2H2,1H3,(H,25,29)(H,27,28)/b15-14+/t21-,23-/m0/s1. The van der Waals surface area contributed by atoms with Crippen molar-refractivity contribution in [3.8, 4) is 5.75 Å². The van der Waals surface area contributed by atoms with Crippen LogP contribution >= 0.6 is 0 Å². The van der Waals surface area contributed by atoms with Crippen molar-refractivity contribution in [1.29, 1.82) is 0 Å². The number of rotatable bonds is 8. The van der Waals surface area contributed by atoms with Gasteiger partial charge in [-0.25, -0.2) is 9.59 Å². The highest BCUT2D eigenvalue weighted by Crippen LogP contribution is 2.35. The van der Waals surface area contributed by atoms with Gasteiger partial charge in [-0.2, -0.15) is 0 Å². The predicted octanol–water partition coefficient (Wildman–Crippen LogP) is 4.88. The van der Waals surface area contributed by atoms with Gasteiger partial charge in [-0.3, -0.25) is 5.32 Å². The third-order valence-electron chi connectivity index (χ3n) is 4.58. The van der Waals surface area contributed by atoms with Crippen molar-refractivity contribution >= 4 is 28.5 Å². The molecule has 0 radical (unpaired) electrons. The summed E-state index contributed by atoms with van der Waals surface area (Å²) in [5.41, 5.74) is 1.13. The Kier molecular flexibility index (Phi) is 7.24. The second-order valence-corrected chi connectivity index (χ2v) is 6.65. The molecule has 0 aromatic heterocycles. The van der Waals surface area contributed by atoms with E-state index >= 15 is 0 Å². The number of phenols is 1. The molecule has 0 aliphatic rings. The summed E-state index contributed by atoms with van der Waals surface area (Å²) in [6.45, 7) is 2.03. The Balaban J connectivity index is 2.02. The van der Waals surface area contributed by atoms with Crippen LogP contribution in [0.4, 0.5) is 10.5 Å². The normalized spacial score (nSPS) is 13.1. The van der Waals surface area contributed by atoms with Gasteiger partial charge in [-0.15, -0.1) is 0 Å². The first-order valence-corrected chi connectivity index (χ1v) is 9.75. The maximum Gasteiger partial charge on any atom is 0.412 e. The van der Waals surface area contributed by atoms with Crippen molar-refractivity contribution < 1.29 is 29.3 Å². The molecule has 2 atom stereocenters. The maximum absolute atomic E-state index is 12.7. The van der Waals surface area contributed by atoms with E-state index in [0.717, 1.165) is 6.08 Å². The molecule has 1 amide bonds. The molecule has 0 saturated heterocycles. The van der Waals surface area contributed by atoms with Crippen LogP contribution in [0.25, 0.3) is 10.8 Å². The lowest BCUT2D eigenvalue weighted by Crippen LogP contribution is -2.28. The fourth-order valence-corrected chi connectivity index (χ4v) is 3.26. The van der Waals surface area contributed by atoms with Gasteiger partial charge in [0.2, 0.25) is 0 Å². The van der Waals surface area contributed by atoms with Crippen molar-refractivity contribution in [3.63, 3.8) is 0 Å². The Morgan fingerprint density at radius 2 is 1.68 bits per heavy atom. The molecule has 0 unspecified atom stereocenters. The van der Waals surface area contributed by atoms with Crippen LogP contribution in [0.3, 0.4) is 0 Å². The molecule has 3 aromatic rings. The first-order valence-electron chi connectivity index (χ1n) is 9.75. The number of ether oxygens (including phenoxy) is 2. The van der Waals surface area contributed by atoms with Crippen LogP contribution in [0.5, 0.6) is 5.75 Å². The van der Waals surface area contributed by atoms with E-state index in [-0.39, 0.29) is 12.4 Å². The summed E-state index contributed by atoms with van der Waals surface area (Å²) in [4.78, 5) is 23.8. The molecule has 0 aliphatic carbocycles. The van der Waals surface area contributed by atoms with Crippen LogP contribution in [0, 0.1) is 0 Å². The number of anilines is 1. The van der Waals surface area contributed by atoms with Gasteiger partial charge in [-0.1, -0.05) is 48.5 Å². The number of aliphatic carboxylic acids is 1. The van der Waals surface area contributed by atoms with Crippen molar-refractivity contribution in [2.24, 2.45) is 0 Å². The summed E-state index contributed by atoms with van der Waals surface area (Å²) < 4.78 is 11.5. The molecule has 0 fully saturated rings. The number of hydrogen-bond donors (Lipinski definition) is 3. The first-order chi connectivity index (χ1) is 15.0. The molecule has 0 saturated carbocycles. The maximum atomic E-state index is 12.7. The average molecular weight is 421 g/mol. The Morgan fingerprint density at radius 1 is 1.00 bits per heavy atom. The van der Waals surface area contributed by atoms with Crippen LogP contribution in [-0.4, -0.2) is 35.0 Å². The number of aromatic hydroxyl groups is 1. The van der Waals surface area contributed by atoms with E-state index in [1.807, 2.05) is 6.07 Å². The molecule has 160 valence electrons. The lowest BCUT2D eigenvalue weighted by molar-refractivity contribution is -0.131. The van der Waals surface area contributed by atoms with Crippen molar-refractivity contribution in [3.05, 3.63) is 84.4 Å². The summed E-state index contributed by atoms with van der Waals surface area (Å²) in [7, 11) is 0. The minimum absolute atomic E-state index is 0.0841. The highest BCUT2D eigenvalue weighted by atomic mass is 16.6. The quantitative estimate of drug-likeness (QED) is 0.448. The Labute approximate surface area is 179 Å². The zero-order valence-corrected chi connectivity index (χ0v) is 16.9. The summed E-state index contributed by atoms with van der Waals surface area (Å²) in [5.74, 6) is -1.06. The molecular weight excluding hydrogens is 398 g/mol. The summed E-state index contributed by atoms with van der Waals surface area (Å²) >= 11 is 0. The molecule has 3 rings (SSSR count). The molecule has 7 nitrogen and oxygen atoms in total. The van der Waals surface area contributed by atoms with Crippen molar-refractivity contribution in [1.82, 2.24) is 0 Å². The van der Waals surface area contributed by atoms with Gasteiger partial charge >= 0.3 is 12.1 Å². The molecule has 0 spiro atoms. The summed E-state index contributed by atoms with van der Waals surface area (Å²) in [6.07, 6.45) is -0.260. The second kappa shape index (κ2) is 10.3. The zero-order chi connectivity index (χ0) is 22.2. The lowest BCUT2D eigenvalue weighted by atomic mass is 9.96. The van der Waals surface area contributed by atoms with Gasteiger partial charge in [0.15, 0.2) is 6.10 Å². The molecule has 0 bridgehead atoms. The van der Waals surface area contributed by atoms with Crippen LogP contribution in [0.1, 0.15) is 18.6 Å². The average Bonchev–Trinajstić information content (AvgIpc) is 2.76. The van der Waals surface area contributed by atoms with Gasteiger partial charge in [-0.05, 0) is 36.6 Å². The van der Waals surface area contributed by atoms with E-state index in [1.54, 1.807) is 61.5 Å². The number of benzene rings is 3. The molecule has 0 heterocycles. The molecule has 31 heavy (non-hydrogen) atoms. The van der Waals surface area contributed by atoms with Crippen LogP contribution in [-0.2, 0) is 14.3 Å². The van der Waals surface area contributed by atoms with Gasteiger partial charge < -0.3 is 19.7 Å². The number of para-hydroxylation sites is 1. The van der Waals surface area contributed by atoms with Gasteiger partial charge in [0.05, 0.1) is 0 Å². The highest BCUT2D eigenvalue weighted by Gasteiger charge is 2.28. The van der Waals surface area contributed by atoms with Crippen molar-refractivity contribution in [2.75, 3.05) is 11.9 Å².